The Labute approximate surface area is 103 Å². The summed E-state index contributed by atoms with van der Waals surface area (Å²) in [6.45, 7) is 8.56. The maximum Gasteiger partial charge on any atom is 0.137 e. The Bertz CT molecular complexity index is 499. The zero-order chi connectivity index (χ0) is 12.3. The topological polar surface area (TPSA) is 25.2 Å². The molecular weight excluding hydrogens is 210 g/mol. The highest BCUT2D eigenvalue weighted by Gasteiger charge is 2.09. The van der Waals surface area contributed by atoms with Gasteiger partial charge in [-0.25, -0.2) is 0 Å². The summed E-state index contributed by atoms with van der Waals surface area (Å²) in [6.07, 6.45) is 4.14. The van der Waals surface area contributed by atoms with Crippen molar-refractivity contribution >= 4 is 11.0 Å². The van der Waals surface area contributed by atoms with Crippen molar-refractivity contribution in [3.05, 3.63) is 35.1 Å². The van der Waals surface area contributed by atoms with Gasteiger partial charge in [0.1, 0.15) is 5.58 Å². The number of rotatable bonds is 5. The largest absolute Gasteiger partial charge is 0.464 e. The molecule has 0 unspecified atom stereocenters. The van der Waals surface area contributed by atoms with Crippen molar-refractivity contribution < 1.29 is 4.42 Å². The molecule has 2 heteroatoms. The molecule has 2 rings (SSSR count). The molecule has 0 amide bonds. The smallest absolute Gasteiger partial charge is 0.137 e. The quantitative estimate of drug-likeness (QED) is 0.795. The van der Waals surface area contributed by atoms with Gasteiger partial charge < -0.3 is 9.73 Å². The summed E-state index contributed by atoms with van der Waals surface area (Å²) in [5.41, 5.74) is 4.91. The lowest BCUT2D eigenvalue weighted by Gasteiger charge is -2.03. The molecule has 0 saturated carbocycles. The van der Waals surface area contributed by atoms with E-state index in [9.17, 15) is 0 Å². The Morgan fingerprint density at radius 1 is 1.12 bits per heavy atom. The van der Waals surface area contributed by atoms with Crippen LogP contribution in [0.1, 0.15) is 30.0 Å². The monoisotopic (exact) mass is 231 g/mol. The second-order valence-electron chi connectivity index (χ2n) is 4.66. The fraction of sp³-hybridized carbons (Fsp3) is 0.467. The Kier molecular flexibility index (Phi) is 3.85. The van der Waals surface area contributed by atoms with Crippen molar-refractivity contribution in [2.45, 2.75) is 33.6 Å². The molecule has 1 N–H and O–H groups in total. The third-order valence-electron chi connectivity index (χ3n) is 3.20. The molecule has 0 bridgehead atoms. The first kappa shape index (κ1) is 12.2. The zero-order valence-electron chi connectivity index (χ0n) is 11.0. The van der Waals surface area contributed by atoms with Gasteiger partial charge in [-0.1, -0.05) is 19.1 Å². The molecule has 1 aromatic heterocycles. The third-order valence-corrected chi connectivity index (χ3v) is 3.20. The van der Waals surface area contributed by atoms with Gasteiger partial charge in [0.15, 0.2) is 0 Å². The Balaban J connectivity index is 2.20. The molecule has 92 valence electrons. The number of hydrogen-bond acceptors (Lipinski definition) is 2. The summed E-state index contributed by atoms with van der Waals surface area (Å²) >= 11 is 0. The third kappa shape index (κ3) is 2.52. The molecule has 0 atom stereocenters. The van der Waals surface area contributed by atoms with E-state index in [-0.39, 0.29) is 0 Å². The summed E-state index contributed by atoms with van der Waals surface area (Å²) in [6, 6.07) is 4.30. The van der Waals surface area contributed by atoms with E-state index in [2.05, 4.69) is 38.2 Å². The van der Waals surface area contributed by atoms with Crippen LogP contribution < -0.4 is 5.32 Å². The van der Waals surface area contributed by atoms with Crippen LogP contribution in [0.4, 0.5) is 0 Å². The number of hydrogen-bond donors (Lipinski definition) is 1. The Morgan fingerprint density at radius 3 is 2.65 bits per heavy atom. The molecule has 17 heavy (non-hydrogen) atoms. The molecule has 0 fully saturated rings. The van der Waals surface area contributed by atoms with Gasteiger partial charge in [0.25, 0.3) is 0 Å². The molecule has 0 aliphatic heterocycles. The average Bonchev–Trinajstić information content (AvgIpc) is 2.75. The van der Waals surface area contributed by atoms with E-state index in [1.165, 1.54) is 28.5 Å². The van der Waals surface area contributed by atoms with Crippen molar-refractivity contribution in [3.63, 3.8) is 0 Å². The lowest BCUT2D eigenvalue weighted by molar-refractivity contribution is 0.603. The van der Waals surface area contributed by atoms with Crippen LogP contribution in [0.5, 0.6) is 0 Å². The molecular formula is C15H21NO. The van der Waals surface area contributed by atoms with Gasteiger partial charge in [0, 0.05) is 5.39 Å². The van der Waals surface area contributed by atoms with Crippen LogP contribution in [0.2, 0.25) is 0 Å². The van der Waals surface area contributed by atoms with Crippen LogP contribution in [0.15, 0.2) is 22.8 Å². The molecule has 0 saturated heterocycles. The van der Waals surface area contributed by atoms with E-state index in [4.69, 9.17) is 4.42 Å². The van der Waals surface area contributed by atoms with Crippen LogP contribution >= 0.6 is 0 Å². The minimum atomic E-state index is 1.02. The second-order valence-corrected chi connectivity index (χ2v) is 4.66. The van der Waals surface area contributed by atoms with E-state index < -0.39 is 0 Å². The predicted octanol–water partition coefficient (Wildman–Crippen LogP) is 3.59. The Hall–Kier alpha value is -1.28. The maximum atomic E-state index is 5.69. The van der Waals surface area contributed by atoms with Crippen LogP contribution in [0, 0.1) is 13.8 Å². The van der Waals surface area contributed by atoms with E-state index in [1.807, 2.05) is 6.26 Å². The lowest BCUT2D eigenvalue weighted by Crippen LogP contribution is -2.17. The van der Waals surface area contributed by atoms with Crippen molar-refractivity contribution in [2.75, 3.05) is 13.1 Å². The van der Waals surface area contributed by atoms with E-state index in [1.54, 1.807) is 0 Å². The predicted molar refractivity (Wildman–Crippen MR) is 72.6 cm³/mol. The Morgan fingerprint density at radius 2 is 1.88 bits per heavy atom. The first-order valence-corrected chi connectivity index (χ1v) is 6.41. The van der Waals surface area contributed by atoms with Gasteiger partial charge in [0.2, 0.25) is 0 Å². The van der Waals surface area contributed by atoms with E-state index in [0.717, 1.165) is 25.1 Å². The van der Waals surface area contributed by atoms with Gasteiger partial charge in [0.05, 0.1) is 6.26 Å². The number of nitrogens with one attached hydrogen (secondary N) is 1. The lowest BCUT2D eigenvalue weighted by atomic mass is 10.0. The summed E-state index contributed by atoms with van der Waals surface area (Å²) in [5.74, 6) is 0. The molecule has 2 nitrogen and oxygen atoms in total. The molecule has 1 aromatic carbocycles. The van der Waals surface area contributed by atoms with Crippen LogP contribution in [-0.4, -0.2) is 13.1 Å². The molecule has 0 radical (unpaired) electrons. The minimum Gasteiger partial charge on any atom is -0.464 e. The fourth-order valence-corrected chi connectivity index (χ4v) is 2.23. The van der Waals surface area contributed by atoms with Crippen molar-refractivity contribution in [1.82, 2.24) is 5.32 Å². The zero-order valence-corrected chi connectivity index (χ0v) is 11.0. The summed E-state index contributed by atoms with van der Waals surface area (Å²) < 4.78 is 5.69. The van der Waals surface area contributed by atoms with Crippen molar-refractivity contribution in [3.8, 4) is 0 Å². The van der Waals surface area contributed by atoms with E-state index >= 15 is 0 Å². The molecule has 0 spiro atoms. The van der Waals surface area contributed by atoms with Crippen LogP contribution in [0.3, 0.4) is 0 Å². The summed E-state index contributed by atoms with van der Waals surface area (Å²) in [7, 11) is 0. The van der Waals surface area contributed by atoms with Gasteiger partial charge in [-0.15, -0.1) is 0 Å². The molecule has 0 aliphatic carbocycles. The molecule has 2 aromatic rings. The highest BCUT2D eigenvalue weighted by molar-refractivity contribution is 5.87. The van der Waals surface area contributed by atoms with Crippen LogP contribution in [0.25, 0.3) is 11.0 Å². The SMILES string of the molecule is CCCNCCc1coc2c(C)ccc(C)c12. The standard InChI is InChI=1S/C15H21NO/c1-4-8-16-9-7-13-10-17-15-12(3)6-5-11(2)14(13)15/h5-6,10,16H,4,7-9H2,1-3H3. The number of fused-ring (bicyclic) bond motifs is 1. The first-order chi connectivity index (χ1) is 8.24. The van der Waals surface area contributed by atoms with Gasteiger partial charge in [-0.2, -0.15) is 0 Å². The number of aryl methyl sites for hydroxylation is 2. The van der Waals surface area contributed by atoms with E-state index in [0.29, 0.717) is 0 Å². The van der Waals surface area contributed by atoms with Crippen molar-refractivity contribution in [1.29, 1.82) is 0 Å². The van der Waals surface area contributed by atoms with Gasteiger partial charge in [-0.3, -0.25) is 0 Å². The van der Waals surface area contributed by atoms with Crippen LogP contribution in [-0.2, 0) is 6.42 Å². The second kappa shape index (κ2) is 5.37. The number of furan rings is 1. The highest BCUT2D eigenvalue weighted by Crippen LogP contribution is 2.27. The van der Waals surface area contributed by atoms with Crippen molar-refractivity contribution in [2.24, 2.45) is 0 Å². The average molecular weight is 231 g/mol. The normalized spacial score (nSPS) is 11.2. The maximum absolute atomic E-state index is 5.69. The number of benzene rings is 1. The minimum absolute atomic E-state index is 1.02. The van der Waals surface area contributed by atoms with Gasteiger partial charge in [-0.05, 0) is 56.5 Å². The van der Waals surface area contributed by atoms with Gasteiger partial charge >= 0.3 is 0 Å². The molecule has 0 aliphatic rings. The highest BCUT2D eigenvalue weighted by atomic mass is 16.3. The summed E-state index contributed by atoms with van der Waals surface area (Å²) in [5, 5.41) is 4.74. The fourth-order valence-electron chi connectivity index (χ4n) is 2.23. The summed E-state index contributed by atoms with van der Waals surface area (Å²) in [4.78, 5) is 0. The first-order valence-electron chi connectivity index (χ1n) is 6.41. The molecule has 1 heterocycles.